The second-order valence-corrected chi connectivity index (χ2v) is 4.04. The molecule has 0 saturated heterocycles. The number of nitrogen functional groups attached to an aromatic ring is 1. The van der Waals surface area contributed by atoms with Crippen LogP contribution in [-0.4, -0.2) is 22.5 Å². The van der Waals surface area contributed by atoms with Crippen molar-refractivity contribution in [3.05, 3.63) is 23.8 Å². The number of aromatic nitrogens is 2. The molecule has 0 aliphatic heterocycles. The van der Waals surface area contributed by atoms with Gasteiger partial charge < -0.3 is 15.6 Å². The van der Waals surface area contributed by atoms with Crippen LogP contribution in [0.1, 0.15) is 12.0 Å². The van der Waals surface area contributed by atoms with Gasteiger partial charge in [-0.2, -0.15) is 0 Å². The number of nitrogens with zero attached hydrogens (tertiary/aromatic N) is 2. The summed E-state index contributed by atoms with van der Waals surface area (Å²) in [5.74, 6) is 0.452. The average Bonchev–Trinajstić information content (AvgIpc) is 2.61. The van der Waals surface area contributed by atoms with Crippen LogP contribution in [0, 0.1) is 6.92 Å². The van der Waals surface area contributed by atoms with E-state index in [1.165, 1.54) is 0 Å². The highest BCUT2D eigenvalue weighted by molar-refractivity contribution is 5.80. The molecule has 3 N–H and O–H groups in total. The lowest BCUT2D eigenvalue weighted by molar-refractivity contribution is -0.120. The summed E-state index contributed by atoms with van der Waals surface area (Å²) in [5, 5.41) is 2.59. The van der Waals surface area contributed by atoms with Gasteiger partial charge in [0, 0.05) is 20.0 Å². The van der Waals surface area contributed by atoms with E-state index in [-0.39, 0.29) is 5.91 Å². The van der Waals surface area contributed by atoms with Crippen LogP contribution < -0.4 is 11.1 Å². The van der Waals surface area contributed by atoms with E-state index < -0.39 is 0 Å². The molecule has 0 aliphatic carbocycles. The Morgan fingerprint density at radius 1 is 1.53 bits per heavy atom. The molecule has 1 amide bonds. The Labute approximate surface area is 99.6 Å². The molecular formula is C12H16N4O. The van der Waals surface area contributed by atoms with E-state index in [1.807, 2.05) is 29.7 Å². The summed E-state index contributed by atoms with van der Waals surface area (Å²) in [4.78, 5) is 15.5. The highest BCUT2D eigenvalue weighted by Gasteiger charge is 2.09. The molecule has 1 aromatic heterocycles. The zero-order valence-electron chi connectivity index (χ0n) is 10.0. The minimum absolute atomic E-state index is 0.00152. The van der Waals surface area contributed by atoms with Crippen molar-refractivity contribution in [1.82, 2.24) is 14.9 Å². The maximum atomic E-state index is 11.2. The minimum atomic E-state index is -0.00152. The van der Waals surface area contributed by atoms with Crippen molar-refractivity contribution >= 4 is 22.9 Å². The molecule has 1 heterocycles. The number of nitrogens with two attached hydrogens (primary N) is 1. The molecule has 2 aromatic rings. The van der Waals surface area contributed by atoms with Gasteiger partial charge in [-0.25, -0.2) is 4.98 Å². The monoisotopic (exact) mass is 232 g/mol. The molecule has 0 saturated carbocycles. The van der Waals surface area contributed by atoms with E-state index in [4.69, 9.17) is 5.73 Å². The summed E-state index contributed by atoms with van der Waals surface area (Å²) in [5.41, 5.74) is 8.84. The lowest BCUT2D eigenvalue weighted by atomic mass is 10.2. The average molecular weight is 232 g/mol. The summed E-state index contributed by atoms with van der Waals surface area (Å²) in [7, 11) is 1.63. The normalized spacial score (nSPS) is 10.7. The third kappa shape index (κ3) is 2.22. The fourth-order valence-corrected chi connectivity index (χ4v) is 1.83. The smallest absolute Gasteiger partial charge is 0.221 e. The topological polar surface area (TPSA) is 72.9 Å². The first-order chi connectivity index (χ1) is 8.11. The maximum Gasteiger partial charge on any atom is 0.221 e. The highest BCUT2D eigenvalue weighted by Crippen LogP contribution is 2.19. The largest absolute Gasteiger partial charge is 0.369 e. The first-order valence-electron chi connectivity index (χ1n) is 5.55. The van der Waals surface area contributed by atoms with Crippen molar-refractivity contribution in [2.45, 2.75) is 19.9 Å². The van der Waals surface area contributed by atoms with E-state index in [0.717, 1.165) is 16.6 Å². The summed E-state index contributed by atoms with van der Waals surface area (Å²) in [6.07, 6.45) is 0.403. The van der Waals surface area contributed by atoms with Gasteiger partial charge in [-0.1, -0.05) is 6.07 Å². The van der Waals surface area contributed by atoms with Gasteiger partial charge in [-0.3, -0.25) is 4.79 Å². The molecule has 0 unspecified atom stereocenters. The van der Waals surface area contributed by atoms with Crippen molar-refractivity contribution in [1.29, 1.82) is 0 Å². The number of anilines is 1. The predicted molar refractivity (Wildman–Crippen MR) is 67.6 cm³/mol. The van der Waals surface area contributed by atoms with Gasteiger partial charge in [0.1, 0.15) is 0 Å². The summed E-state index contributed by atoms with van der Waals surface area (Å²) < 4.78 is 1.87. The number of nitrogens with one attached hydrogen (secondary N) is 1. The van der Waals surface area contributed by atoms with Gasteiger partial charge in [-0.15, -0.1) is 0 Å². The first kappa shape index (κ1) is 11.4. The van der Waals surface area contributed by atoms with Crippen LogP contribution in [0.25, 0.3) is 11.0 Å². The number of benzene rings is 1. The van der Waals surface area contributed by atoms with Crippen LogP contribution in [0.2, 0.25) is 0 Å². The Hall–Kier alpha value is -2.04. The third-order valence-corrected chi connectivity index (χ3v) is 2.77. The molecule has 0 spiro atoms. The Morgan fingerprint density at radius 2 is 2.29 bits per heavy atom. The van der Waals surface area contributed by atoms with Gasteiger partial charge in [0.25, 0.3) is 0 Å². The number of aryl methyl sites for hydroxylation is 2. The molecular weight excluding hydrogens is 216 g/mol. The van der Waals surface area contributed by atoms with Crippen molar-refractivity contribution in [2.24, 2.45) is 0 Å². The number of carbonyl (C=O) groups is 1. The molecule has 0 radical (unpaired) electrons. The third-order valence-electron chi connectivity index (χ3n) is 2.77. The zero-order valence-corrected chi connectivity index (χ0v) is 10.0. The Kier molecular flexibility index (Phi) is 2.99. The number of imidazole rings is 1. The first-order valence-corrected chi connectivity index (χ1v) is 5.55. The number of rotatable bonds is 3. The molecule has 0 fully saturated rings. The molecule has 0 atom stereocenters. The van der Waals surface area contributed by atoms with Crippen molar-refractivity contribution in [3.63, 3.8) is 0 Å². The number of hydrogen-bond donors (Lipinski definition) is 2. The summed E-state index contributed by atoms with van der Waals surface area (Å²) in [6, 6.07) is 5.99. The number of hydrogen-bond acceptors (Lipinski definition) is 3. The van der Waals surface area contributed by atoms with Crippen LogP contribution in [0.15, 0.2) is 18.2 Å². The predicted octanol–water partition coefficient (Wildman–Crippen LogP) is 1.06. The van der Waals surface area contributed by atoms with Gasteiger partial charge in [0.2, 0.25) is 11.9 Å². The van der Waals surface area contributed by atoms with Gasteiger partial charge in [0.15, 0.2) is 0 Å². The van der Waals surface area contributed by atoms with Crippen LogP contribution in [-0.2, 0) is 11.3 Å². The lowest BCUT2D eigenvalue weighted by Gasteiger charge is -2.05. The standard InChI is InChI=1S/C12H16N4O/c1-8-3-4-10-9(7-8)15-12(13)16(10)6-5-11(17)14-2/h3-4,7H,5-6H2,1-2H3,(H2,13,15)(H,14,17). The maximum absolute atomic E-state index is 11.2. The Morgan fingerprint density at radius 3 is 3.00 bits per heavy atom. The quantitative estimate of drug-likeness (QED) is 0.831. The Bertz CT molecular complexity index is 559. The van der Waals surface area contributed by atoms with Crippen molar-refractivity contribution in [3.8, 4) is 0 Å². The van der Waals surface area contributed by atoms with E-state index in [1.54, 1.807) is 7.05 Å². The molecule has 1 aromatic carbocycles. The zero-order chi connectivity index (χ0) is 12.4. The summed E-state index contributed by atoms with van der Waals surface area (Å²) in [6.45, 7) is 2.56. The minimum Gasteiger partial charge on any atom is -0.369 e. The van der Waals surface area contributed by atoms with Gasteiger partial charge in [0.05, 0.1) is 11.0 Å². The van der Waals surface area contributed by atoms with Crippen LogP contribution >= 0.6 is 0 Å². The van der Waals surface area contributed by atoms with Crippen LogP contribution in [0.4, 0.5) is 5.95 Å². The summed E-state index contributed by atoms with van der Waals surface area (Å²) >= 11 is 0. The number of carbonyl (C=O) groups excluding carboxylic acids is 1. The van der Waals surface area contributed by atoms with E-state index in [9.17, 15) is 4.79 Å². The highest BCUT2D eigenvalue weighted by atomic mass is 16.1. The molecule has 5 nitrogen and oxygen atoms in total. The second kappa shape index (κ2) is 4.45. The second-order valence-electron chi connectivity index (χ2n) is 4.04. The van der Waals surface area contributed by atoms with Gasteiger partial charge >= 0.3 is 0 Å². The van der Waals surface area contributed by atoms with E-state index in [2.05, 4.69) is 10.3 Å². The van der Waals surface area contributed by atoms with Crippen molar-refractivity contribution in [2.75, 3.05) is 12.8 Å². The molecule has 5 heteroatoms. The SMILES string of the molecule is CNC(=O)CCn1c(N)nc2cc(C)ccc21. The van der Waals surface area contributed by atoms with Gasteiger partial charge in [-0.05, 0) is 24.6 Å². The number of fused-ring (bicyclic) bond motifs is 1. The fraction of sp³-hybridized carbons (Fsp3) is 0.333. The Balaban J connectivity index is 2.33. The molecule has 17 heavy (non-hydrogen) atoms. The molecule has 2 rings (SSSR count). The molecule has 90 valence electrons. The molecule has 0 aliphatic rings. The fourth-order valence-electron chi connectivity index (χ4n) is 1.83. The molecule has 0 bridgehead atoms. The number of amides is 1. The van der Waals surface area contributed by atoms with Crippen LogP contribution in [0.3, 0.4) is 0 Å². The van der Waals surface area contributed by atoms with E-state index in [0.29, 0.717) is 18.9 Å². The van der Waals surface area contributed by atoms with Crippen LogP contribution in [0.5, 0.6) is 0 Å². The van der Waals surface area contributed by atoms with E-state index >= 15 is 0 Å². The van der Waals surface area contributed by atoms with Crippen molar-refractivity contribution < 1.29 is 4.79 Å². The lowest BCUT2D eigenvalue weighted by Crippen LogP contribution is -2.19.